The van der Waals surface area contributed by atoms with Crippen molar-refractivity contribution in [2.45, 2.75) is 25.7 Å². The Labute approximate surface area is 145 Å². The van der Waals surface area contributed by atoms with Crippen LogP contribution >= 0.6 is 11.6 Å². The van der Waals surface area contributed by atoms with Crippen LogP contribution in [0.4, 0.5) is 0 Å². The van der Waals surface area contributed by atoms with E-state index < -0.39 is 0 Å². The van der Waals surface area contributed by atoms with Crippen molar-refractivity contribution in [3.63, 3.8) is 0 Å². The van der Waals surface area contributed by atoms with Crippen LogP contribution in [0.1, 0.15) is 30.0 Å². The molecule has 2 nitrogen and oxygen atoms in total. The summed E-state index contributed by atoms with van der Waals surface area (Å²) in [6.07, 6.45) is 2.53. The molecule has 0 N–H and O–H groups in total. The van der Waals surface area contributed by atoms with Crippen LogP contribution < -0.4 is 0 Å². The van der Waals surface area contributed by atoms with Gasteiger partial charge in [0.25, 0.3) is 0 Å². The first-order valence-electron chi connectivity index (χ1n) is 8.38. The lowest BCUT2D eigenvalue weighted by atomic mass is 10.0. The fraction of sp³-hybridized carbons (Fsp3) is 0.190. The van der Waals surface area contributed by atoms with E-state index in [1.165, 1.54) is 40.4 Å². The molecule has 2 heterocycles. The maximum atomic E-state index is 6.02. The van der Waals surface area contributed by atoms with Gasteiger partial charge in [0, 0.05) is 27.6 Å². The Kier molecular flexibility index (Phi) is 2.98. The molecule has 0 saturated heterocycles. The molecule has 24 heavy (non-hydrogen) atoms. The van der Waals surface area contributed by atoms with Gasteiger partial charge in [-0.1, -0.05) is 41.4 Å². The zero-order valence-electron chi connectivity index (χ0n) is 13.5. The maximum Gasteiger partial charge on any atom is 0.0934 e. The quantitative estimate of drug-likeness (QED) is 0.440. The van der Waals surface area contributed by atoms with Gasteiger partial charge in [-0.25, -0.2) is 4.52 Å². The molecule has 2 aromatic carbocycles. The van der Waals surface area contributed by atoms with Crippen LogP contribution in [0, 0.1) is 6.92 Å². The van der Waals surface area contributed by atoms with Gasteiger partial charge in [0.15, 0.2) is 0 Å². The topological polar surface area (TPSA) is 17.3 Å². The van der Waals surface area contributed by atoms with Crippen molar-refractivity contribution in [3.8, 4) is 11.3 Å². The Morgan fingerprint density at radius 3 is 2.54 bits per heavy atom. The maximum absolute atomic E-state index is 6.02. The first-order valence-corrected chi connectivity index (χ1v) is 8.76. The largest absolute Gasteiger partial charge is 0.236 e. The number of aromatic nitrogens is 2. The average molecular weight is 333 g/mol. The number of hydrogen-bond donors (Lipinski definition) is 0. The molecule has 0 spiro atoms. The average Bonchev–Trinajstić information content (AvgIpc) is 3.33. The molecule has 118 valence electrons. The number of aryl methyl sites for hydroxylation is 1. The number of halogens is 1. The molecule has 1 aliphatic rings. The van der Waals surface area contributed by atoms with Crippen molar-refractivity contribution < 1.29 is 0 Å². The number of hydrogen-bond acceptors (Lipinski definition) is 1. The summed E-state index contributed by atoms with van der Waals surface area (Å²) < 4.78 is 2.16. The molecule has 0 unspecified atom stereocenters. The second-order valence-corrected chi connectivity index (χ2v) is 7.20. The van der Waals surface area contributed by atoms with Crippen LogP contribution in [-0.2, 0) is 0 Å². The van der Waals surface area contributed by atoms with E-state index in [2.05, 4.69) is 41.8 Å². The van der Waals surface area contributed by atoms with Crippen LogP contribution in [0.5, 0.6) is 0 Å². The molecule has 0 aliphatic heterocycles. The third-order valence-corrected chi connectivity index (χ3v) is 5.13. The lowest BCUT2D eigenvalue weighted by Crippen LogP contribution is -1.98. The van der Waals surface area contributed by atoms with Gasteiger partial charge in [-0.2, -0.15) is 5.10 Å². The summed E-state index contributed by atoms with van der Waals surface area (Å²) in [7, 11) is 0. The molecule has 3 heteroatoms. The summed E-state index contributed by atoms with van der Waals surface area (Å²) in [4.78, 5) is 0. The Morgan fingerprint density at radius 1 is 1.00 bits per heavy atom. The van der Waals surface area contributed by atoms with E-state index in [0.29, 0.717) is 5.92 Å². The zero-order chi connectivity index (χ0) is 16.3. The van der Waals surface area contributed by atoms with Crippen molar-refractivity contribution >= 4 is 27.9 Å². The van der Waals surface area contributed by atoms with Crippen LogP contribution in [0.15, 0.2) is 54.6 Å². The van der Waals surface area contributed by atoms with Crippen LogP contribution in [0.2, 0.25) is 5.02 Å². The molecule has 0 atom stereocenters. The summed E-state index contributed by atoms with van der Waals surface area (Å²) in [5, 5.41) is 8.25. The van der Waals surface area contributed by atoms with Gasteiger partial charge in [0.2, 0.25) is 0 Å². The van der Waals surface area contributed by atoms with Crippen molar-refractivity contribution in [3.05, 3.63) is 70.9 Å². The molecule has 1 fully saturated rings. The molecule has 5 rings (SSSR count). The van der Waals surface area contributed by atoms with Gasteiger partial charge in [-0.15, -0.1) is 0 Å². The third-order valence-electron chi connectivity index (χ3n) is 4.88. The van der Waals surface area contributed by atoms with Crippen molar-refractivity contribution in [2.24, 2.45) is 0 Å². The van der Waals surface area contributed by atoms with Crippen LogP contribution in [-0.4, -0.2) is 9.61 Å². The normalized spacial score (nSPS) is 14.6. The molecule has 1 aliphatic carbocycles. The van der Waals surface area contributed by atoms with E-state index in [0.717, 1.165) is 16.3 Å². The summed E-state index contributed by atoms with van der Waals surface area (Å²) in [5.41, 5.74) is 5.91. The fourth-order valence-corrected chi connectivity index (χ4v) is 3.57. The SMILES string of the molecule is Cc1ccc2cc(C3CC3)n3nc(-c4ccc(Cl)cc4)cc3c2c1. The highest BCUT2D eigenvalue weighted by atomic mass is 35.5. The third kappa shape index (κ3) is 2.22. The van der Waals surface area contributed by atoms with E-state index in [4.69, 9.17) is 16.7 Å². The van der Waals surface area contributed by atoms with Gasteiger partial charge < -0.3 is 0 Å². The summed E-state index contributed by atoms with van der Waals surface area (Å²) in [5.74, 6) is 0.649. The molecule has 0 radical (unpaired) electrons. The Morgan fingerprint density at radius 2 is 1.79 bits per heavy atom. The molecule has 2 aromatic heterocycles. The predicted octanol–water partition coefficient (Wildman–Crippen LogP) is 5.99. The molecular weight excluding hydrogens is 316 g/mol. The van der Waals surface area contributed by atoms with E-state index in [-0.39, 0.29) is 0 Å². The van der Waals surface area contributed by atoms with Crippen LogP contribution in [0.25, 0.3) is 27.5 Å². The predicted molar refractivity (Wildman–Crippen MR) is 99.9 cm³/mol. The zero-order valence-corrected chi connectivity index (χ0v) is 14.2. The second-order valence-electron chi connectivity index (χ2n) is 6.77. The molecule has 0 amide bonds. The molecule has 0 bridgehead atoms. The smallest absolute Gasteiger partial charge is 0.0934 e. The van der Waals surface area contributed by atoms with Crippen molar-refractivity contribution in [2.75, 3.05) is 0 Å². The van der Waals surface area contributed by atoms with Gasteiger partial charge in [-0.05, 0) is 55.5 Å². The number of fused-ring (bicyclic) bond motifs is 3. The number of pyridine rings is 1. The highest BCUT2D eigenvalue weighted by Gasteiger charge is 2.27. The van der Waals surface area contributed by atoms with Gasteiger partial charge in [-0.3, -0.25) is 0 Å². The highest BCUT2D eigenvalue weighted by molar-refractivity contribution is 6.30. The van der Waals surface area contributed by atoms with E-state index in [1.807, 2.05) is 24.3 Å². The standard InChI is InChI=1S/C21H17ClN2/c1-13-2-3-16-11-20(15-4-5-15)24-21(18(16)10-13)12-19(23-24)14-6-8-17(22)9-7-14/h2-3,6-12,15H,4-5H2,1H3. The van der Waals surface area contributed by atoms with E-state index in [1.54, 1.807) is 0 Å². The van der Waals surface area contributed by atoms with Crippen molar-refractivity contribution in [1.29, 1.82) is 0 Å². The lowest BCUT2D eigenvalue weighted by molar-refractivity contribution is 0.866. The second kappa shape index (κ2) is 5.09. The lowest BCUT2D eigenvalue weighted by Gasteiger charge is -2.08. The van der Waals surface area contributed by atoms with Gasteiger partial charge in [0.1, 0.15) is 0 Å². The van der Waals surface area contributed by atoms with Gasteiger partial charge >= 0.3 is 0 Å². The van der Waals surface area contributed by atoms with E-state index in [9.17, 15) is 0 Å². The molecule has 1 saturated carbocycles. The minimum Gasteiger partial charge on any atom is -0.236 e. The van der Waals surface area contributed by atoms with Crippen molar-refractivity contribution in [1.82, 2.24) is 9.61 Å². The van der Waals surface area contributed by atoms with E-state index >= 15 is 0 Å². The van der Waals surface area contributed by atoms with Gasteiger partial charge in [0.05, 0.1) is 11.2 Å². The highest BCUT2D eigenvalue weighted by Crippen LogP contribution is 2.42. The number of benzene rings is 2. The Bertz CT molecular complexity index is 1070. The minimum atomic E-state index is 0.649. The minimum absolute atomic E-state index is 0.649. The number of rotatable bonds is 2. The monoisotopic (exact) mass is 332 g/mol. The summed E-state index contributed by atoms with van der Waals surface area (Å²) in [6.45, 7) is 2.14. The first-order chi connectivity index (χ1) is 11.7. The van der Waals surface area contributed by atoms with Crippen LogP contribution in [0.3, 0.4) is 0 Å². The Balaban J connectivity index is 1.82. The molecule has 4 aromatic rings. The summed E-state index contributed by atoms with van der Waals surface area (Å²) in [6, 6.07) is 19.1. The first kappa shape index (κ1) is 14.1. The fourth-order valence-electron chi connectivity index (χ4n) is 3.44. The Hall–Kier alpha value is -2.32. The molecular formula is C21H17ClN2. The summed E-state index contributed by atoms with van der Waals surface area (Å²) >= 11 is 6.02. The number of nitrogens with zero attached hydrogens (tertiary/aromatic N) is 2.